The smallest absolute Gasteiger partial charge is 0.251 e. The predicted octanol–water partition coefficient (Wildman–Crippen LogP) is 1.06. The summed E-state index contributed by atoms with van der Waals surface area (Å²) in [5.74, 6) is -0.135. The molecule has 5 nitrogen and oxygen atoms in total. The van der Waals surface area contributed by atoms with Crippen LogP contribution in [0.1, 0.15) is 15.9 Å². The molecule has 0 saturated carbocycles. The van der Waals surface area contributed by atoms with Gasteiger partial charge in [0.2, 0.25) is 0 Å². The van der Waals surface area contributed by atoms with Gasteiger partial charge >= 0.3 is 0 Å². The number of phenolic OH excluding ortho intramolecular Hbond substituents is 1. The standard InChI is InChI=1S/C12H13N3O2/c1-15-8-9(7-14-15)6-13-12(17)10-3-2-4-11(16)5-10/h2-5,7-8,16H,6H2,1H3,(H,13,17). The molecule has 0 radical (unpaired) electrons. The van der Waals surface area contributed by atoms with E-state index in [1.807, 2.05) is 13.2 Å². The van der Waals surface area contributed by atoms with Crippen molar-refractivity contribution >= 4 is 5.91 Å². The van der Waals surface area contributed by atoms with E-state index in [0.717, 1.165) is 5.56 Å². The van der Waals surface area contributed by atoms with Gasteiger partial charge in [-0.15, -0.1) is 0 Å². The summed E-state index contributed by atoms with van der Waals surface area (Å²) >= 11 is 0. The Balaban J connectivity index is 1.98. The molecule has 1 amide bonds. The lowest BCUT2D eigenvalue weighted by molar-refractivity contribution is 0.0950. The van der Waals surface area contributed by atoms with Crippen molar-refractivity contribution < 1.29 is 9.90 Å². The zero-order chi connectivity index (χ0) is 12.3. The molecule has 1 heterocycles. The predicted molar refractivity (Wildman–Crippen MR) is 62.5 cm³/mol. The highest BCUT2D eigenvalue weighted by Gasteiger charge is 2.06. The van der Waals surface area contributed by atoms with Gasteiger partial charge in [-0.1, -0.05) is 6.07 Å². The molecule has 0 saturated heterocycles. The topological polar surface area (TPSA) is 67.2 Å². The Labute approximate surface area is 98.7 Å². The van der Waals surface area contributed by atoms with Gasteiger partial charge in [-0.2, -0.15) is 5.10 Å². The zero-order valence-corrected chi connectivity index (χ0v) is 9.42. The number of amides is 1. The monoisotopic (exact) mass is 231 g/mol. The molecule has 1 aromatic carbocycles. The Morgan fingerprint density at radius 3 is 3.00 bits per heavy atom. The summed E-state index contributed by atoms with van der Waals surface area (Å²) in [5.41, 5.74) is 1.37. The summed E-state index contributed by atoms with van der Waals surface area (Å²) in [5, 5.41) is 16.0. The van der Waals surface area contributed by atoms with Crippen LogP contribution in [0.2, 0.25) is 0 Å². The number of phenols is 1. The average molecular weight is 231 g/mol. The lowest BCUT2D eigenvalue weighted by atomic mass is 10.2. The molecule has 0 aliphatic heterocycles. The number of benzene rings is 1. The molecular formula is C12H13N3O2. The largest absolute Gasteiger partial charge is 0.508 e. The molecule has 0 fully saturated rings. The molecule has 0 aliphatic carbocycles. The maximum Gasteiger partial charge on any atom is 0.251 e. The number of hydrogen-bond donors (Lipinski definition) is 2. The Hall–Kier alpha value is -2.30. The first-order valence-corrected chi connectivity index (χ1v) is 5.20. The highest BCUT2D eigenvalue weighted by atomic mass is 16.3. The molecule has 0 atom stereocenters. The van der Waals surface area contributed by atoms with Crippen molar-refractivity contribution in [3.8, 4) is 5.75 Å². The van der Waals surface area contributed by atoms with Gasteiger partial charge < -0.3 is 10.4 Å². The van der Waals surface area contributed by atoms with Crippen LogP contribution in [0.5, 0.6) is 5.75 Å². The third-order valence-electron chi connectivity index (χ3n) is 2.32. The van der Waals surface area contributed by atoms with Gasteiger partial charge in [0, 0.05) is 30.9 Å². The fraction of sp³-hybridized carbons (Fsp3) is 0.167. The zero-order valence-electron chi connectivity index (χ0n) is 9.42. The van der Waals surface area contributed by atoms with Crippen LogP contribution in [0.15, 0.2) is 36.7 Å². The van der Waals surface area contributed by atoms with Crippen LogP contribution in [0.3, 0.4) is 0 Å². The van der Waals surface area contributed by atoms with Crippen molar-refractivity contribution in [2.75, 3.05) is 0 Å². The molecule has 2 aromatic rings. The van der Waals surface area contributed by atoms with Crippen molar-refractivity contribution in [3.63, 3.8) is 0 Å². The summed E-state index contributed by atoms with van der Waals surface area (Å²) in [6.45, 7) is 0.419. The molecule has 5 heteroatoms. The van der Waals surface area contributed by atoms with E-state index in [2.05, 4.69) is 10.4 Å². The number of carbonyl (C=O) groups excluding carboxylic acids is 1. The lowest BCUT2D eigenvalue weighted by Gasteiger charge is -2.03. The average Bonchev–Trinajstić information content (AvgIpc) is 2.72. The lowest BCUT2D eigenvalue weighted by Crippen LogP contribution is -2.22. The molecule has 0 spiro atoms. The fourth-order valence-electron chi connectivity index (χ4n) is 1.49. The highest BCUT2D eigenvalue weighted by Crippen LogP contribution is 2.10. The van der Waals surface area contributed by atoms with E-state index in [1.165, 1.54) is 12.1 Å². The normalized spacial score (nSPS) is 10.2. The van der Waals surface area contributed by atoms with Crippen LogP contribution in [-0.4, -0.2) is 20.8 Å². The number of nitrogens with one attached hydrogen (secondary N) is 1. The van der Waals surface area contributed by atoms with E-state index in [4.69, 9.17) is 0 Å². The van der Waals surface area contributed by atoms with Crippen LogP contribution in [0.25, 0.3) is 0 Å². The quantitative estimate of drug-likeness (QED) is 0.829. The summed E-state index contributed by atoms with van der Waals surface area (Å²) in [4.78, 5) is 11.7. The van der Waals surface area contributed by atoms with Crippen molar-refractivity contribution in [2.24, 2.45) is 7.05 Å². The SMILES string of the molecule is Cn1cc(CNC(=O)c2cccc(O)c2)cn1. The van der Waals surface area contributed by atoms with Crippen LogP contribution in [0, 0.1) is 0 Å². The Kier molecular flexibility index (Phi) is 3.09. The van der Waals surface area contributed by atoms with Gasteiger partial charge in [-0.05, 0) is 18.2 Å². The molecule has 2 N–H and O–H groups in total. The van der Waals surface area contributed by atoms with Crippen LogP contribution in [-0.2, 0) is 13.6 Å². The van der Waals surface area contributed by atoms with Gasteiger partial charge in [0.15, 0.2) is 0 Å². The van der Waals surface area contributed by atoms with Gasteiger partial charge in [0.1, 0.15) is 5.75 Å². The highest BCUT2D eigenvalue weighted by molar-refractivity contribution is 5.94. The van der Waals surface area contributed by atoms with E-state index in [9.17, 15) is 9.90 Å². The number of aromatic nitrogens is 2. The minimum Gasteiger partial charge on any atom is -0.508 e. The molecule has 17 heavy (non-hydrogen) atoms. The van der Waals surface area contributed by atoms with Gasteiger partial charge in [-0.25, -0.2) is 0 Å². The van der Waals surface area contributed by atoms with E-state index < -0.39 is 0 Å². The Morgan fingerprint density at radius 2 is 2.35 bits per heavy atom. The molecular weight excluding hydrogens is 218 g/mol. The maximum atomic E-state index is 11.7. The molecule has 0 unspecified atom stereocenters. The van der Waals surface area contributed by atoms with Gasteiger partial charge in [0.05, 0.1) is 6.20 Å². The minimum absolute atomic E-state index is 0.0824. The van der Waals surface area contributed by atoms with Crippen molar-refractivity contribution in [1.29, 1.82) is 0 Å². The molecule has 1 aromatic heterocycles. The second-order valence-corrected chi connectivity index (χ2v) is 3.76. The number of aryl methyl sites for hydroxylation is 1. The first-order chi connectivity index (χ1) is 8.15. The summed E-state index contributed by atoms with van der Waals surface area (Å²) in [6, 6.07) is 6.24. The maximum absolute atomic E-state index is 11.7. The van der Waals surface area contributed by atoms with Gasteiger partial charge in [-0.3, -0.25) is 9.48 Å². The van der Waals surface area contributed by atoms with Crippen molar-refractivity contribution in [3.05, 3.63) is 47.8 Å². The van der Waals surface area contributed by atoms with Crippen LogP contribution in [0.4, 0.5) is 0 Å². The first-order valence-electron chi connectivity index (χ1n) is 5.20. The van der Waals surface area contributed by atoms with Gasteiger partial charge in [0.25, 0.3) is 5.91 Å². The second kappa shape index (κ2) is 4.69. The Morgan fingerprint density at radius 1 is 1.53 bits per heavy atom. The number of nitrogens with zero attached hydrogens (tertiary/aromatic N) is 2. The third kappa shape index (κ3) is 2.84. The third-order valence-corrected chi connectivity index (χ3v) is 2.32. The number of carbonyl (C=O) groups is 1. The van der Waals surface area contributed by atoms with Crippen molar-refractivity contribution in [1.82, 2.24) is 15.1 Å². The number of rotatable bonds is 3. The summed E-state index contributed by atoms with van der Waals surface area (Å²) < 4.78 is 1.68. The second-order valence-electron chi connectivity index (χ2n) is 3.76. The molecule has 0 aliphatic rings. The Bertz CT molecular complexity index is 534. The number of aromatic hydroxyl groups is 1. The van der Waals surface area contributed by atoms with E-state index in [-0.39, 0.29) is 11.7 Å². The number of hydrogen-bond acceptors (Lipinski definition) is 3. The molecule has 0 bridgehead atoms. The van der Waals surface area contributed by atoms with E-state index >= 15 is 0 Å². The molecule has 88 valence electrons. The fourth-order valence-corrected chi connectivity index (χ4v) is 1.49. The molecule has 2 rings (SSSR count). The van der Waals surface area contributed by atoms with Crippen molar-refractivity contribution in [2.45, 2.75) is 6.54 Å². The van der Waals surface area contributed by atoms with Crippen LogP contribution < -0.4 is 5.32 Å². The van der Waals surface area contributed by atoms with Crippen LogP contribution >= 0.6 is 0 Å². The van der Waals surface area contributed by atoms with E-state index in [1.54, 1.807) is 23.0 Å². The first kappa shape index (κ1) is 11.2. The van der Waals surface area contributed by atoms with E-state index in [0.29, 0.717) is 12.1 Å². The minimum atomic E-state index is -0.218. The summed E-state index contributed by atoms with van der Waals surface area (Å²) in [7, 11) is 1.82. The summed E-state index contributed by atoms with van der Waals surface area (Å²) in [6.07, 6.45) is 3.53.